The van der Waals surface area contributed by atoms with Crippen LogP contribution in [0.4, 0.5) is 20.7 Å². The second-order valence-corrected chi connectivity index (χ2v) is 9.00. The number of aromatic nitrogens is 2. The van der Waals surface area contributed by atoms with Gasteiger partial charge in [-0.25, -0.2) is 18.7 Å². The minimum Gasteiger partial charge on any atom is -0.482 e. The Hall–Kier alpha value is -4.40. The van der Waals surface area contributed by atoms with Gasteiger partial charge in [0.1, 0.15) is 17.4 Å². The molecule has 1 saturated carbocycles. The highest BCUT2D eigenvalue weighted by atomic mass is 19.1. The summed E-state index contributed by atoms with van der Waals surface area (Å²) in [5.41, 5.74) is 1.54. The number of hydrogen-bond acceptors (Lipinski definition) is 4. The van der Waals surface area contributed by atoms with E-state index in [0.29, 0.717) is 5.82 Å². The maximum Gasteiger partial charge on any atom is 0.341 e. The van der Waals surface area contributed by atoms with Crippen molar-refractivity contribution in [2.45, 2.75) is 38.1 Å². The number of carbonyl (C=O) groups excluding carboxylic acids is 1. The fourth-order valence-electron chi connectivity index (χ4n) is 4.78. The molecule has 8 nitrogen and oxygen atoms in total. The third-order valence-corrected chi connectivity index (χ3v) is 6.49. The Labute approximate surface area is 213 Å². The van der Waals surface area contributed by atoms with Crippen LogP contribution in [0, 0.1) is 5.82 Å². The quantitative estimate of drug-likeness (QED) is 0.323. The lowest BCUT2D eigenvalue weighted by Crippen LogP contribution is -2.45. The van der Waals surface area contributed by atoms with Gasteiger partial charge in [-0.05, 0) is 49.2 Å². The average Bonchev–Trinajstić information content (AvgIpc) is 3.29. The summed E-state index contributed by atoms with van der Waals surface area (Å²) in [6.45, 7) is -0.586. The molecule has 190 valence electrons. The molecule has 0 aliphatic heterocycles. The third-order valence-electron chi connectivity index (χ3n) is 6.49. The number of carbonyl (C=O) groups is 2. The van der Waals surface area contributed by atoms with Crippen molar-refractivity contribution in [3.05, 3.63) is 78.6 Å². The zero-order valence-electron chi connectivity index (χ0n) is 20.1. The molecule has 0 saturated heterocycles. The van der Waals surface area contributed by atoms with E-state index in [1.165, 1.54) is 12.1 Å². The number of nitrogens with one attached hydrogen (secondary N) is 1. The Morgan fingerprint density at radius 3 is 2.49 bits per heavy atom. The van der Waals surface area contributed by atoms with Crippen LogP contribution in [0.15, 0.2) is 72.8 Å². The summed E-state index contributed by atoms with van der Waals surface area (Å²) in [4.78, 5) is 26.3. The van der Waals surface area contributed by atoms with Gasteiger partial charge in [0, 0.05) is 17.5 Å². The maximum atomic E-state index is 14.9. The molecule has 1 fully saturated rings. The van der Waals surface area contributed by atoms with Crippen molar-refractivity contribution in [3.8, 4) is 11.4 Å². The number of aliphatic carboxylic acids is 1. The summed E-state index contributed by atoms with van der Waals surface area (Å²) < 4.78 is 21.7. The average molecular weight is 503 g/mol. The molecule has 3 aromatic carbocycles. The largest absolute Gasteiger partial charge is 0.482 e. The topological polar surface area (TPSA) is 96.7 Å². The molecule has 0 unspecified atom stereocenters. The fourth-order valence-corrected chi connectivity index (χ4v) is 4.78. The predicted octanol–water partition coefficient (Wildman–Crippen LogP) is 6.00. The number of nitrogens with zero attached hydrogens (tertiary/aromatic N) is 3. The summed E-state index contributed by atoms with van der Waals surface area (Å²) >= 11 is 0. The number of hydrogen-bond donors (Lipinski definition) is 2. The standard InChI is InChI=1S/C28H27FN4O4/c29-23-17-21(37-18-26(34)35)15-16-25(23)30-28(36)32(19-9-3-1-4-10-19)27-22-13-7-8-14-24(22)31-33(27)20-11-5-2-6-12-20/h2,5-8,11-17,19H,1,3-4,9-10,18H2,(H,30,36)(H,34,35). The lowest BCUT2D eigenvalue weighted by atomic mass is 9.94. The Bertz CT molecular complexity index is 1420. The van der Waals surface area contributed by atoms with E-state index < -0.39 is 24.4 Å². The molecule has 0 atom stereocenters. The van der Waals surface area contributed by atoms with Gasteiger partial charge in [-0.3, -0.25) is 4.90 Å². The van der Waals surface area contributed by atoms with E-state index in [2.05, 4.69) is 5.32 Å². The molecule has 0 bridgehead atoms. The maximum absolute atomic E-state index is 14.9. The van der Waals surface area contributed by atoms with Crippen LogP contribution in [0.25, 0.3) is 16.6 Å². The highest BCUT2D eigenvalue weighted by Crippen LogP contribution is 2.35. The zero-order chi connectivity index (χ0) is 25.8. The summed E-state index contributed by atoms with van der Waals surface area (Å²) in [6, 6.07) is 20.6. The van der Waals surface area contributed by atoms with Gasteiger partial charge in [-0.15, -0.1) is 0 Å². The van der Waals surface area contributed by atoms with E-state index in [9.17, 15) is 14.0 Å². The lowest BCUT2D eigenvalue weighted by molar-refractivity contribution is -0.139. The van der Waals surface area contributed by atoms with Crippen LogP contribution >= 0.6 is 0 Å². The van der Waals surface area contributed by atoms with Crippen LogP contribution in [0.1, 0.15) is 32.1 Å². The van der Waals surface area contributed by atoms with Crippen molar-refractivity contribution in [1.82, 2.24) is 9.78 Å². The number of halogens is 1. The summed E-state index contributed by atoms with van der Waals surface area (Å²) in [5, 5.41) is 17.1. The molecule has 5 rings (SSSR count). The van der Waals surface area contributed by atoms with Crippen molar-refractivity contribution in [1.29, 1.82) is 0 Å². The van der Waals surface area contributed by atoms with E-state index in [-0.39, 0.29) is 17.5 Å². The molecule has 0 radical (unpaired) electrons. The van der Waals surface area contributed by atoms with Crippen molar-refractivity contribution in [3.63, 3.8) is 0 Å². The molecule has 1 aromatic heterocycles. The predicted molar refractivity (Wildman–Crippen MR) is 139 cm³/mol. The second-order valence-electron chi connectivity index (χ2n) is 9.00. The van der Waals surface area contributed by atoms with Crippen LogP contribution in [-0.2, 0) is 4.79 Å². The number of amides is 2. The van der Waals surface area contributed by atoms with Gasteiger partial charge in [-0.1, -0.05) is 49.6 Å². The van der Waals surface area contributed by atoms with E-state index in [4.69, 9.17) is 14.9 Å². The van der Waals surface area contributed by atoms with Crippen LogP contribution in [-0.4, -0.2) is 39.5 Å². The smallest absolute Gasteiger partial charge is 0.341 e. The number of carboxylic acids is 1. The number of rotatable bonds is 7. The van der Waals surface area contributed by atoms with E-state index in [0.717, 1.165) is 54.8 Å². The summed E-state index contributed by atoms with van der Waals surface area (Å²) in [6.07, 6.45) is 4.75. The van der Waals surface area contributed by atoms with Crippen LogP contribution in [0.5, 0.6) is 5.75 Å². The summed E-state index contributed by atoms with van der Waals surface area (Å²) in [5.74, 6) is -1.19. The van der Waals surface area contributed by atoms with Crippen molar-refractivity contribution in [2.75, 3.05) is 16.8 Å². The Balaban J connectivity index is 1.55. The minimum absolute atomic E-state index is 0.0245. The fraction of sp³-hybridized carbons (Fsp3) is 0.250. The monoisotopic (exact) mass is 502 g/mol. The van der Waals surface area contributed by atoms with Gasteiger partial charge in [0.25, 0.3) is 0 Å². The Morgan fingerprint density at radius 1 is 1.03 bits per heavy atom. The molecule has 37 heavy (non-hydrogen) atoms. The minimum atomic E-state index is -1.16. The highest BCUT2D eigenvalue weighted by molar-refractivity contribution is 6.07. The molecule has 9 heteroatoms. The van der Waals surface area contributed by atoms with E-state index >= 15 is 0 Å². The molecule has 4 aromatic rings. The number of anilines is 2. The number of fused-ring (bicyclic) bond motifs is 1. The van der Waals surface area contributed by atoms with Crippen molar-refractivity contribution >= 4 is 34.4 Å². The molecular formula is C28H27FN4O4. The Morgan fingerprint density at radius 2 is 1.76 bits per heavy atom. The molecule has 0 spiro atoms. The molecule has 1 aliphatic carbocycles. The van der Waals surface area contributed by atoms with Gasteiger partial charge >= 0.3 is 12.0 Å². The number of ether oxygens (including phenoxy) is 1. The number of benzene rings is 3. The van der Waals surface area contributed by atoms with Gasteiger partial charge in [0.15, 0.2) is 6.61 Å². The summed E-state index contributed by atoms with van der Waals surface area (Å²) in [7, 11) is 0. The lowest BCUT2D eigenvalue weighted by Gasteiger charge is -2.34. The van der Waals surface area contributed by atoms with Crippen molar-refractivity contribution in [2.24, 2.45) is 0 Å². The number of para-hydroxylation sites is 1. The molecule has 1 aliphatic rings. The third kappa shape index (κ3) is 5.25. The van der Waals surface area contributed by atoms with Gasteiger partial charge in [0.05, 0.1) is 16.9 Å². The molecule has 1 heterocycles. The number of carboxylic acid groups (broad SMARTS) is 1. The molecular weight excluding hydrogens is 475 g/mol. The van der Waals surface area contributed by atoms with Crippen molar-refractivity contribution < 1.29 is 23.8 Å². The van der Waals surface area contributed by atoms with Gasteiger partial charge < -0.3 is 15.2 Å². The van der Waals surface area contributed by atoms with E-state index in [1.54, 1.807) is 9.58 Å². The Kier molecular flexibility index (Phi) is 7.02. The van der Waals surface area contributed by atoms with E-state index in [1.807, 2.05) is 54.6 Å². The van der Waals surface area contributed by atoms with Gasteiger partial charge in [0.2, 0.25) is 0 Å². The van der Waals surface area contributed by atoms with Crippen LogP contribution in [0.2, 0.25) is 0 Å². The van der Waals surface area contributed by atoms with Crippen LogP contribution in [0.3, 0.4) is 0 Å². The first-order chi connectivity index (χ1) is 18.0. The second kappa shape index (κ2) is 10.7. The highest BCUT2D eigenvalue weighted by Gasteiger charge is 2.32. The SMILES string of the molecule is O=C(O)COc1ccc(NC(=O)N(c2c3ccccc3nn2-c2ccccc2)C2CCCCC2)c(F)c1. The number of urea groups is 1. The first-order valence-electron chi connectivity index (χ1n) is 12.3. The zero-order valence-corrected chi connectivity index (χ0v) is 20.1. The molecule has 2 N–H and O–H groups in total. The molecule has 2 amide bonds. The first-order valence-corrected chi connectivity index (χ1v) is 12.3. The normalized spacial score (nSPS) is 13.9. The van der Waals surface area contributed by atoms with Gasteiger partial charge in [-0.2, -0.15) is 5.10 Å². The first kappa shape index (κ1) is 24.3. The van der Waals surface area contributed by atoms with Crippen LogP contribution < -0.4 is 15.0 Å².